The van der Waals surface area contributed by atoms with Gasteiger partial charge in [0.1, 0.15) is 5.54 Å². The first-order valence-corrected chi connectivity index (χ1v) is 7.81. The fourth-order valence-electron chi connectivity index (χ4n) is 2.80. The lowest BCUT2D eigenvalue weighted by atomic mass is 9.96. The predicted molar refractivity (Wildman–Crippen MR) is 86.6 cm³/mol. The summed E-state index contributed by atoms with van der Waals surface area (Å²) in [7, 11) is 1.86. The Morgan fingerprint density at radius 2 is 2.00 bits per heavy atom. The van der Waals surface area contributed by atoms with Gasteiger partial charge in [-0.3, -0.25) is 9.59 Å². The lowest BCUT2D eigenvalue weighted by Gasteiger charge is -2.34. The third-order valence-electron chi connectivity index (χ3n) is 4.46. The number of hydrogen-bond acceptors (Lipinski definition) is 3. The van der Waals surface area contributed by atoms with Crippen LogP contribution < -0.4 is 10.6 Å². The summed E-state index contributed by atoms with van der Waals surface area (Å²) in [6.07, 6.45) is 1.55. The zero-order valence-corrected chi connectivity index (χ0v) is 13.6. The Kier molecular flexibility index (Phi) is 5.19. The van der Waals surface area contributed by atoms with Crippen LogP contribution in [0.25, 0.3) is 0 Å². The monoisotopic (exact) mass is 303 g/mol. The molecule has 0 spiro atoms. The van der Waals surface area contributed by atoms with E-state index in [4.69, 9.17) is 0 Å². The fraction of sp³-hybridized carbons (Fsp3) is 0.529. The van der Waals surface area contributed by atoms with Crippen LogP contribution in [0.4, 0.5) is 0 Å². The number of rotatable bonds is 5. The van der Waals surface area contributed by atoms with Gasteiger partial charge in [0.2, 0.25) is 5.91 Å². The number of hydrogen-bond donors (Lipinski definition) is 2. The second kappa shape index (κ2) is 6.92. The van der Waals surface area contributed by atoms with Crippen LogP contribution >= 0.6 is 0 Å². The first kappa shape index (κ1) is 16.5. The smallest absolute Gasteiger partial charge is 0.254 e. The van der Waals surface area contributed by atoms with Gasteiger partial charge in [0, 0.05) is 24.7 Å². The fourth-order valence-corrected chi connectivity index (χ4v) is 2.80. The maximum Gasteiger partial charge on any atom is 0.254 e. The van der Waals surface area contributed by atoms with Gasteiger partial charge in [-0.05, 0) is 45.9 Å². The maximum absolute atomic E-state index is 12.7. The molecule has 5 nitrogen and oxygen atoms in total. The zero-order valence-electron chi connectivity index (χ0n) is 13.6. The number of benzene rings is 1. The van der Waals surface area contributed by atoms with Crippen molar-refractivity contribution in [2.75, 3.05) is 20.1 Å². The van der Waals surface area contributed by atoms with Crippen molar-refractivity contribution in [3.8, 4) is 0 Å². The van der Waals surface area contributed by atoms with Crippen LogP contribution in [0.15, 0.2) is 30.3 Å². The van der Waals surface area contributed by atoms with Crippen molar-refractivity contribution in [1.82, 2.24) is 15.5 Å². The molecule has 1 aromatic carbocycles. The molecule has 0 aromatic heterocycles. The minimum absolute atomic E-state index is 0.0718. The molecule has 2 unspecified atom stereocenters. The van der Waals surface area contributed by atoms with Gasteiger partial charge in [0.05, 0.1) is 0 Å². The number of amides is 2. The predicted octanol–water partition coefficient (Wildman–Crippen LogP) is 1.41. The molecular formula is C17H25N3O2. The molecule has 1 saturated heterocycles. The van der Waals surface area contributed by atoms with Crippen LogP contribution in [0.2, 0.25) is 0 Å². The standard InChI is InChI=1S/C17H25N3O2/c1-13(18-3)12-19-16(22)17(2)10-7-11-20(17)15(21)14-8-5-4-6-9-14/h4-6,8-9,13,18H,7,10-12H2,1-3H3,(H,19,22). The third-order valence-corrected chi connectivity index (χ3v) is 4.46. The largest absolute Gasteiger partial charge is 0.353 e. The number of likely N-dealkylation sites (tertiary alicyclic amines) is 1. The minimum atomic E-state index is -0.764. The molecule has 2 rings (SSSR count). The number of carbonyl (C=O) groups excluding carboxylic acids is 2. The molecule has 2 N–H and O–H groups in total. The van der Waals surface area contributed by atoms with Crippen LogP contribution in [0.3, 0.4) is 0 Å². The first-order valence-electron chi connectivity index (χ1n) is 7.81. The Morgan fingerprint density at radius 1 is 1.32 bits per heavy atom. The van der Waals surface area contributed by atoms with Crippen molar-refractivity contribution < 1.29 is 9.59 Å². The Bertz CT molecular complexity index is 532. The van der Waals surface area contributed by atoms with E-state index in [0.717, 1.165) is 6.42 Å². The SMILES string of the molecule is CNC(C)CNC(=O)C1(C)CCCN1C(=O)c1ccccc1. The Balaban J connectivity index is 2.11. The summed E-state index contributed by atoms with van der Waals surface area (Å²) in [6, 6.07) is 9.35. The van der Waals surface area contributed by atoms with Crippen molar-refractivity contribution in [3.05, 3.63) is 35.9 Å². The average molecular weight is 303 g/mol. The van der Waals surface area contributed by atoms with Gasteiger partial charge in [-0.15, -0.1) is 0 Å². The maximum atomic E-state index is 12.7. The molecule has 1 aliphatic rings. The van der Waals surface area contributed by atoms with Gasteiger partial charge in [-0.1, -0.05) is 18.2 Å². The molecule has 0 saturated carbocycles. The van der Waals surface area contributed by atoms with Gasteiger partial charge in [-0.2, -0.15) is 0 Å². The quantitative estimate of drug-likeness (QED) is 0.864. The number of carbonyl (C=O) groups is 2. The van der Waals surface area contributed by atoms with E-state index < -0.39 is 5.54 Å². The number of nitrogens with zero attached hydrogens (tertiary/aromatic N) is 1. The van der Waals surface area contributed by atoms with Gasteiger partial charge < -0.3 is 15.5 Å². The zero-order chi connectivity index (χ0) is 16.2. The van der Waals surface area contributed by atoms with Crippen molar-refractivity contribution >= 4 is 11.8 Å². The summed E-state index contributed by atoms with van der Waals surface area (Å²) in [5.41, 5.74) is -0.132. The van der Waals surface area contributed by atoms with Crippen LogP contribution in [0.5, 0.6) is 0 Å². The molecule has 1 heterocycles. The molecule has 0 bridgehead atoms. The van der Waals surface area contributed by atoms with Crippen LogP contribution in [-0.2, 0) is 4.79 Å². The molecule has 2 atom stereocenters. The van der Waals surface area contributed by atoms with Crippen LogP contribution in [0, 0.1) is 0 Å². The highest BCUT2D eigenvalue weighted by atomic mass is 16.2. The number of nitrogens with one attached hydrogen (secondary N) is 2. The van der Waals surface area contributed by atoms with Crippen molar-refractivity contribution in [3.63, 3.8) is 0 Å². The van der Waals surface area contributed by atoms with E-state index in [1.165, 1.54) is 0 Å². The van der Waals surface area contributed by atoms with E-state index in [0.29, 0.717) is 25.1 Å². The first-order chi connectivity index (χ1) is 10.5. The lowest BCUT2D eigenvalue weighted by molar-refractivity contribution is -0.129. The summed E-state index contributed by atoms with van der Waals surface area (Å²) in [5.74, 6) is -0.145. The summed E-state index contributed by atoms with van der Waals surface area (Å²) >= 11 is 0. The molecule has 22 heavy (non-hydrogen) atoms. The summed E-state index contributed by atoms with van der Waals surface area (Å²) < 4.78 is 0. The second-order valence-corrected chi connectivity index (χ2v) is 6.10. The Morgan fingerprint density at radius 3 is 2.64 bits per heavy atom. The van der Waals surface area contributed by atoms with Gasteiger partial charge in [0.25, 0.3) is 5.91 Å². The van der Waals surface area contributed by atoms with Crippen molar-refractivity contribution in [1.29, 1.82) is 0 Å². The van der Waals surface area contributed by atoms with Crippen molar-refractivity contribution in [2.45, 2.75) is 38.3 Å². The second-order valence-electron chi connectivity index (χ2n) is 6.10. The summed E-state index contributed by atoms with van der Waals surface area (Å²) in [4.78, 5) is 27.0. The van der Waals surface area contributed by atoms with Gasteiger partial charge in [0.15, 0.2) is 0 Å². The molecule has 5 heteroatoms. The Labute approximate surface area is 132 Å². The molecule has 120 valence electrons. The molecule has 0 radical (unpaired) electrons. The van der Waals surface area contributed by atoms with Crippen molar-refractivity contribution in [2.24, 2.45) is 0 Å². The molecule has 1 aromatic rings. The number of likely N-dealkylation sites (N-methyl/N-ethyl adjacent to an activating group) is 1. The van der Waals surface area contributed by atoms with Gasteiger partial charge in [-0.25, -0.2) is 0 Å². The molecule has 2 amide bonds. The van der Waals surface area contributed by atoms with E-state index in [-0.39, 0.29) is 17.9 Å². The van der Waals surface area contributed by atoms with E-state index in [1.54, 1.807) is 17.0 Å². The highest BCUT2D eigenvalue weighted by molar-refractivity contribution is 5.99. The van der Waals surface area contributed by atoms with E-state index in [1.807, 2.05) is 39.1 Å². The molecule has 1 fully saturated rings. The third kappa shape index (κ3) is 3.30. The molecule has 1 aliphatic heterocycles. The van der Waals surface area contributed by atoms with Crippen LogP contribution in [0.1, 0.15) is 37.0 Å². The van der Waals surface area contributed by atoms with Gasteiger partial charge >= 0.3 is 0 Å². The highest BCUT2D eigenvalue weighted by Crippen LogP contribution is 2.30. The van der Waals surface area contributed by atoms with E-state index in [9.17, 15) is 9.59 Å². The molecular weight excluding hydrogens is 278 g/mol. The summed E-state index contributed by atoms with van der Waals surface area (Å²) in [5, 5.41) is 6.04. The van der Waals surface area contributed by atoms with E-state index >= 15 is 0 Å². The lowest BCUT2D eigenvalue weighted by Crippen LogP contribution is -2.56. The molecule has 0 aliphatic carbocycles. The topological polar surface area (TPSA) is 61.4 Å². The van der Waals surface area contributed by atoms with Crippen LogP contribution in [-0.4, -0.2) is 48.4 Å². The summed E-state index contributed by atoms with van der Waals surface area (Å²) in [6.45, 7) is 5.04. The normalized spacial score (nSPS) is 22.4. The Hall–Kier alpha value is -1.88. The van der Waals surface area contributed by atoms with E-state index in [2.05, 4.69) is 10.6 Å². The average Bonchev–Trinajstić information content (AvgIpc) is 2.95. The highest BCUT2D eigenvalue weighted by Gasteiger charge is 2.45. The minimum Gasteiger partial charge on any atom is -0.353 e.